The van der Waals surface area contributed by atoms with Gasteiger partial charge in [0.05, 0.1) is 22.3 Å². The first kappa shape index (κ1) is 28.2. The first-order chi connectivity index (χ1) is 25.3. The van der Waals surface area contributed by atoms with Gasteiger partial charge < -0.3 is 8.98 Å². The summed E-state index contributed by atoms with van der Waals surface area (Å²) in [5, 5.41) is 7.14. The number of furan rings is 1. The van der Waals surface area contributed by atoms with Gasteiger partial charge in [-0.15, -0.1) is 11.3 Å². The van der Waals surface area contributed by atoms with Crippen molar-refractivity contribution in [3.05, 3.63) is 158 Å². The second-order valence-electron chi connectivity index (χ2n) is 12.8. The molecule has 0 unspecified atom stereocenters. The first-order valence-corrected chi connectivity index (χ1v) is 17.8. The molecule has 0 atom stereocenters. The fourth-order valence-corrected chi connectivity index (χ4v) is 8.84. The summed E-state index contributed by atoms with van der Waals surface area (Å²) in [7, 11) is 0. The number of para-hydroxylation sites is 3. The van der Waals surface area contributed by atoms with Crippen LogP contribution >= 0.6 is 11.3 Å². The minimum atomic E-state index is 0.568. The topological polar surface area (TPSA) is 56.7 Å². The molecule has 0 fully saturated rings. The Balaban J connectivity index is 1.18. The monoisotopic (exact) mass is 670 g/mol. The molecule has 0 spiro atoms. The van der Waals surface area contributed by atoms with Gasteiger partial charge in [-0.2, -0.15) is 0 Å². The molecule has 7 aromatic carbocycles. The van der Waals surface area contributed by atoms with Crippen LogP contribution in [-0.2, 0) is 0 Å². The molecule has 11 aromatic rings. The largest absolute Gasteiger partial charge is 0.453 e. The van der Waals surface area contributed by atoms with Crippen molar-refractivity contribution in [3.8, 4) is 39.9 Å². The van der Waals surface area contributed by atoms with Crippen LogP contribution in [0.1, 0.15) is 0 Å². The minimum absolute atomic E-state index is 0.568. The van der Waals surface area contributed by atoms with E-state index in [0.717, 1.165) is 55.3 Å². The zero-order valence-corrected chi connectivity index (χ0v) is 27.9. The molecule has 4 aromatic heterocycles. The highest BCUT2D eigenvalue weighted by Crippen LogP contribution is 2.45. The van der Waals surface area contributed by atoms with Crippen LogP contribution in [0.4, 0.5) is 0 Å². The number of benzene rings is 7. The molecule has 0 aliphatic heterocycles. The molecule has 0 saturated heterocycles. The average Bonchev–Trinajstić information content (AvgIpc) is 3.88. The van der Waals surface area contributed by atoms with E-state index in [1.54, 1.807) is 0 Å². The number of hydrogen-bond donors (Lipinski definition) is 0. The smallest absolute Gasteiger partial charge is 0.167 e. The van der Waals surface area contributed by atoms with Gasteiger partial charge in [-0.05, 0) is 30.3 Å². The second-order valence-corrected chi connectivity index (χ2v) is 13.8. The summed E-state index contributed by atoms with van der Waals surface area (Å²) in [6.45, 7) is 0. The zero-order chi connectivity index (χ0) is 33.5. The van der Waals surface area contributed by atoms with Crippen molar-refractivity contribution in [2.75, 3.05) is 0 Å². The third-order valence-corrected chi connectivity index (χ3v) is 11.1. The van der Waals surface area contributed by atoms with E-state index in [1.165, 1.54) is 30.9 Å². The van der Waals surface area contributed by atoms with E-state index >= 15 is 0 Å². The van der Waals surface area contributed by atoms with E-state index in [4.69, 9.17) is 19.4 Å². The van der Waals surface area contributed by atoms with Gasteiger partial charge in [-0.25, -0.2) is 15.0 Å². The summed E-state index contributed by atoms with van der Waals surface area (Å²) in [6.07, 6.45) is 0. The molecule has 11 rings (SSSR count). The fraction of sp³-hybridized carbons (Fsp3) is 0. The molecule has 238 valence electrons. The maximum Gasteiger partial charge on any atom is 0.167 e. The van der Waals surface area contributed by atoms with Crippen molar-refractivity contribution in [2.45, 2.75) is 0 Å². The van der Waals surface area contributed by atoms with Gasteiger partial charge in [0.2, 0.25) is 0 Å². The molecule has 6 heteroatoms. The highest BCUT2D eigenvalue weighted by atomic mass is 32.1. The number of thiophene rings is 1. The lowest BCUT2D eigenvalue weighted by molar-refractivity contribution is 0.667. The third-order valence-electron chi connectivity index (χ3n) is 9.86. The Hall–Kier alpha value is -6.63. The molecule has 0 aliphatic rings. The van der Waals surface area contributed by atoms with Crippen LogP contribution in [0.5, 0.6) is 0 Å². The maximum absolute atomic E-state index is 7.00. The van der Waals surface area contributed by atoms with Gasteiger partial charge in [0.25, 0.3) is 0 Å². The summed E-state index contributed by atoms with van der Waals surface area (Å²) >= 11 is 1.86. The Bertz CT molecular complexity index is 3080. The van der Waals surface area contributed by atoms with Crippen LogP contribution in [0.2, 0.25) is 0 Å². The number of nitrogens with zero attached hydrogens (tertiary/aromatic N) is 4. The van der Waals surface area contributed by atoms with E-state index in [9.17, 15) is 0 Å². The Morgan fingerprint density at radius 2 is 1.04 bits per heavy atom. The number of fused-ring (bicyclic) bond motifs is 10. The molecule has 0 aliphatic carbocycles. The van der Waals surface area contributed by atoms with Crippen molar-refractivity contribution in [2.24, 2.45) is 0 Å². The summed E-state index contributed by atoms with van der Waals surface area (Å²) < 4.78 is 12.0. The van der Waals surface area contributed by atoms with Crippen LogP contribution in [0.25, 0.3) is 104 Å². The average molecular weight is 671 g/mol. The molecule has 0 saturated carbocycles. The normalized spacial score (nSPS) is 11.9. The molecule has 0 radical (unpaired) electrons. The Kier molecular flexibility index (Phi) is 6.05. The standard InChI is InChI=1S/C45H26N4OS/c1-3-13-27(14-4-1)43-46-44(28-15-5-2-6-16-28)48-45(47-43)34-21-11-19-30-31-20-12-23-37(41(31)50-40(30)34)49-35-22-9-7-18-33(35)39-36(49)26-25-32-29-17-8-10-24-38(29)51-42(32)39/h1-26H. The van der Waals surface area contributed by atoms with Crippen molar-refractivity contribution >= 4 is 75.3 Å². The van der Waals surface area contributed by atoms with Gasteiger partial charge in [-0.3, -0.25) is 0 Å². The molecular formula is C45H26N4OS. The highest BCUT2D eigenvalue weighted by Gasteiger charge is 2.22. The van der Waals surface area contributed by atoms with Crippen molar-refractivity contribution < 1.29 is 4.42 Å². The second kappa shape index (κ2) is 10.9. The highest BCUT2D eigenvalue weighted by molar-refractivity contribution is 7.26. The lowest BCUT2D eigenvalue weighted by Gasteiger charge is -2.09. The predicted octanol–water partition coefficient (Wildman–Crippen LogP) is 12.2. The van der Waals surface area contributed by atoms with Gasteiger partial charge in [0.1, 0.15) is 5.58 Å². The molecular weight excluding hydrogens is 645 g/mol. The Morgan fingerprint density at radius 1 is 0.431 bits per heavy atom. The lowest BCUT2D eigenvalue weighted by Crippen LogP contribution is -2.00. The van der Waals surface area contributed by atoms with Crippen LogP contribution in [0, 0.1) is 0 Å². The fourth-order valence-electron chi connectivity index (χ4n) is 7.58. The van der Waals surface area contributed by atoms with E-state index in [0.29, 0.717) is 17.5 Å². The first-order valence-electron chi connectivity index (χ1n) is 17.0. The molecule has 0 bridgehead atoms. The van der Waals surface area contributed by atoms with Gasteiger partial charge >= 0.3 is 0 Å². The van der Waals surface area contributed by atoms with Crippen LogP contribution in [0.3, 0.4) is 0 Å². The van der Waals surface area contributed by atoms with Crippen LogP contribution < -0.4 is 0 Å². The minimum Gasteiger partial charge on any atom is -0.453 e. The Morgan fingerprint density at radius 3 is 1.80 bits per heavy atom. The van der Waals surface area contributed by atoms with Crippen molar-refractivity contribution in [1.82, 2.24) is 19.5 Å². The predicted molar refractivity (Wildman–Crippen MR) is 211 cm³/mol. The van der Waals surface area contributed by atoms with E-state index < -0.39 is 0 Å². The van der Waals surface area contributed by atoms with Crippen molar-refractivity contribution in [1.29, 1.82) is 0 Å². The molecule has 5 nitrogen and oxygen atoms in total. The molecule has 4 heterocycles. The quantitative estimate of drug-likeness (QED) is 0.187. The molecule has 51 heavy (non-hydrogen) atoms. The number of aromatic nitrogens is 4. The van der Waals surface area contributed by atoms with Crippen molar-refractivity contribution in [3.63, 3.8) is 0 Å². The van der Waals surface area contributed by atoms with Gasteiger partial charge in [0, 0.05) is 52.8 Å². The zero-order valence-electron chi connectivity index (χ0n) is 27.1. The summed E-state index contributed by atoms with van der Waals surface area (Å²) in [4.78, 5) is 15.0. The lowest BCUT2D eigenvalue weighted by atomic mass is 10.1. The van der Waals surface area contributed by atoms with E-state index in [2.05, 4.69) is 95.6 Å². The summed E-state index contributed by atoms with van der Waals surface area (Å²) in [6, 6.07) is 54.7. The third kappa shape index (κ3) is 4.24. The SMILES string of the molecule is c1ccc(-c2nc(-c3ccccc3)nc(-c3cccc4c3oc3c(-n5c6ccccc6c6c7sc8ccccc8c7ccc65)cccc34)n2)cc1. The number of rotatable bonds is 4. The molecule has 0 amide bonds. The van der Waals surface area contributed by atoms with Crippen LogP contribution in [0.15, 0.2) is 162 Å². The van der Waals surface area contributed by atoms with Gasteiger partial charge in [0.15, 0.2) is 23.1 Å². The van der Waals surface area contributed by atoms with Gasteiger partial charge in [-0.1, -0.05) is 127 Å². The van der Waals surface area contributed by atoms with E-state index in [-0.39, 0.29) is 0 Å². The summed E-state index contributed by atoms with van der Waals surface area (Å²) in [5.41, 5.74) is 7.53. The Labute approximate surface area is 295 Å². The van der Waals surface area contributed by atoms with Crippen LogP contribution in [-0.4, -0.2) is 19.5 Å². The molecule has 0 N–H and O–H groups in total. The van der Waals surface area contributed by atoms with E-state index in [1.807, 2.05) is 78.1 Å². The number of hydrogen-bond acceptors (Lipinski definition) is 5. The maximum atomic E-state index is 7.00. The summed E-state index contributed by atoms with van der Waals surface area (Å²) in [5.74, 6) is 1.80.